The summed E-state index contributed by atoms with van der Waals surface area (Å²) < 4.78 is 13.2. The first-order chi connectivity index (χ1) is 7.67. The van der Waals surface area contributed by atoms with Crippen LogP contribution in [0.25, 0.3) is 0 Å². The van der Waals surface area contributed by atoms with Crippen LogP contribution in [0.5, 0.6) is 0 Å². The molecule has 0 spiro atoms. The van der Waals surface area contributed by atoms with Gasteiger partial charge in [-0.05, 0) is 11.6 Å². The Morgan fingerprint density at radius 1 is 1.50 bits per heavy atom. The normalized spacial score (nSPS) is 10.2. The fraction of sp³-hybridized carbons (Fsp3) is 0.364. The monoisotopic (exact) mass is 226 g/mol. The third-order valence-electron chi connectivity index (χ3n) is 2.15. The van der Waals surface area contributed by atoms with Crippen LogP contribution >= 0.6 is 0 Å². The topological polar surface area (TPSA) is 75.4 Å². The smallest absolute Gasteiger partial charge is 0.221 e. The molecule has 5 heteroatoms. The molecule has 1 amide bonds. The van der Waals surface area contributed by atoms with Gasteiger partial charge < -0.3 is 16.2 Å². The number of carbonyl (C=O) groups is 1. The molecule has 0 atom stereocenters. The second kappa shape index (κ2) is 6.19. The van der Waals surface area contributed by atoms with Crippen LogP contribution in [0.2, 0.25) is 0 Å². The highest BCUT2D eigenvalue weighted by atomic mass is 19.1. The fourth-order valence-corrected chi connectivity index (χ4v) is 1.25. The highest BCUT2D eigenvalue weighted by Gasteiger charge is 2.04. The van der Waals surface area contributed by atoms with E-state index in [1.54, 1.807) is 6.07 Å². The average molecular weight is 226 g/mol. The van der Waals surface area contributed by atoms with Crippen molar-refractivity contribution in [2.45, 2.75) is 19.6 Å². The second-order valence-electron chi connectivity index (χ2n) is 3.40. The maximum atomic E-state index is 13.2. The predicted octanol–water partition coefficient (Wildman–Crippen LogP) is 0.283. The van der Waals surface area contributed by atoms with Crippen LogP contribution in [0.1, 0.15) is 17.5 Å². The van der Waals surface area contributed by atoms with E-state index < -0.39 is 5.82 Å². The Morgan fingerprint density at radius 3 is 2.81 bits per heavy atom. The highest BCUT2D eigenvalue weighted by Crippen LogP contribution is 2.10. The summed E-state index contributed by atoms with van der Waals surface area (Å²) in [6.07, 6.45) is 0.261. The Bertz CT molecular complexity index is 369. The number of hydrogen-bond donors (Lipinski definition) is 3. The lowest BCUT2D eigenvalue weighted by Gasteiger charge is -2.06. The number of hydrogen-bond acceptors (Lipinski definition) is 3. The first-order valence-corrected chi connectivity index (χ1v) is 5.02. The SMILES string of the molecule is NCCC(=O)NCc1ccc(CO)c(F)c1. The molecular weight excluding hydrogens is 211 g/mol. The Kier molecular flexibility index (Phi) is 4.88. The summed E-state index contributed by atoms with van der Waals surface area (Å²) in [6.45, 7) is 0.233. The lowest BCUT2D eigenvalue weighted by molar-refractivity contribution is -0.121. The summed E-state index contributed by atoms with van der Waals surface area (Å²) in [7, 11) is 0. The zero-order valence-corrected chi connectivity index (χ0v) is 8.87. The molecule has 0 saturated heterocycles. The van der Waals surface area contributed by atoms with Gasteiger partial charge in [0.1, 0.15) is 5.82 Å². The van der Waals surface area contributed by atoms with E-state index in [1.807, 2.05) is 0 Å². The number of rotatable bonds is 5. The molecule has 16 heavy (non-hydrogen) atoms. The first kappa shape index (κ1) is 12.6. The van der Waals surface area contributed by atoms with Crippen molar-refractivity contribution in [3.05, 3.63) is 35.1 Å². The molecule has 0 aliphatic rings. The molecule has 0 aliphatic carbocycles. The molecule has 0 heterocycles. The zero-order valence-electron chi connectivity index (χ0n) is 8.87. The molecular formula is C11H15FN2O2. The van der Waals surface area contributed by atoms with E-state index >= 15 is 0 Å². The molecule has 0 saturated carbocycles. The van der Waals surface area contributed by atoms with E-state index in [1.165, 1.54) is 12.1 Å². The average Bonchev–Trinajstić information content (AvgIpc) is 2.27. The van der Waals surface area contributed by atoms with Crippen LogP contribution in [0, 0.1) is 5.82 Å². The number of amides is 1. The van der Waals surface area contributed by atoms with Gasteiger partial charge in [-0.1, -0.05) is 12.1 Å². The first-order valence-electron chi connectivity index (χ1n) is 5.02. The van der Waals surface area contributed by atoms with Gasteiger partial charge in [0.2, 0.25) is 5.91 Å². The van der Waals surface area contributed by atoms with Crippen molar-refractivity contribution in [3.63, 3.8) is 0 Å². The minimum Gasteiger partial charge on any atom is -0.392 e. The van der Waals surface area contributed by atoms with E-state index in [2.05, 4.69) is 5.32 Å². The van der Waals surface area contributed by atoms with Gasteiger partial charge in [-0.2, -0.15) is 0 Å². The maximum Gasteiger partial charge on any atom is 0.221 e. The van der Waals surface area contributed by atoms with Crippen LogP contribution in [-0.2, 0) is 17.9 Å². The van der Waals surface area contributed by atoms with Gasteiger partial charge in [0, 0.05) is 25.1 Å². The molecule has 4 N–H and O–H groups in total. The summed E-state index contributed by atoms with van der Waals surface area (Å²) in [5.41, 5.74) is 6.11. The summed E-state index contributed by atoms with van der Waals surface area (Å²) >= 11 is 0. The molecule has 4 nitrogen and oxygen atoms in total. The minimum atomic E-state index is -0.465. The van der Waals surface area contributed by atoms with E-state index in [4.69, 9.17) is 10.8 Å². The number of benzene rings is 1. The molecule has 0 fully saturated rings. The summed E-state index contributed by atoms with van der Waals surface area (Å²) in [5.74, 6) is -0.623. The standard InChI is InChI=1S/C11H15FN2O2/c12-10-5-8(1-2-9(10)7-15)6-14-11(16)3-4-13/h1-2,5,15H,3-4,6-7,13H2,(H,14,16). The maximum absolute atomic E-state index is 13.2. The van der Waals surface area contributed by atoms with Crippen molar-refractivity contribution in [2.75, 3.05) is 6.54 Å². The van der Waals surface area contributed by atoms with Crippen molar-refractivity contribution in [1.82, 2.24) is 5.32 Å². The molecule has 1 aromatic carbocycles. The highest BCUT2D eigenvalue weighted by molar-refractivity contribution is 5.76. The molecule has 0 unspecified atom stereocenters. The van der Waals surface area contributed by atoms with Gasteiger partial charge in [-0.25, -0.2) is 4.39 Å². The van der Waals surface area contributed by atoms with Crippen molar-refractivity contribution >= 4 is 5.91 Å². The Balaban J connectivity index is 2.55. The number of nitrogens with one attached hydrogen (secondary N) is 1. The third kappa shape index (κ3) is 3.60. The molecule has 0 bridgehead atoms. The van der Waals surface area contributed by atoms with E-state index in [-0.39, 0.29) is 31.0 Å². The predicted molar refractivity (Wildman–Crippen MR) is 57.8 cm³/mol. The van der Waals surface area contributed by atoms with Gasteiger partial charge in [0.15, 0.2) is 0 Å². The van der Waals surface area contributed by atoms with Crippen LogP contribution in [0.4, 0.5) is 4.39 Å². The lowest BCUT2D eigenvalue weighted by atomic mass is 10.1. The molecule has 88 valence electrons. The largest absolute Gasteiger partial charge is 0.392 e. The molecule has 0 radical (unpaired) electrons. The molecule has 0 aromatic heterocycles. The molecule has 1 aromatic rings. The van der Waals surface area contributed by atoms with Crippen LogP contribution in [0.3, 0.4) is 0 Å². The van der Waals surface area contributed by atoms with Gasteiger partial charge >= 0.3 is 0 Å². The van der Waals surface area contributed by atoms with Crippen LogP contribution in [-0.4, -0.2) is 17.6 Å². The lowest BCUT2D eigenvalue weighted by Crippen LogP contribution is -2.25. The number of carbonyl (C=O) groups excluding carboxylic acids is 1. The molecule has 1 rings (SSSR count). The van der Waals surface area contributed by atoms with Crippen molar-refractivity contribution in [1.29, 1.82) is 0 Å². The van der Waals surface area contributed by atoms with Gasteiger partial charge in [-0.3, -0.25) is 4.79 Å². The van der Waals surface area contributed by atoms with Gasteiger partial charge in [-0.15, -0.1) is 0 Å². The van der Waals surface area contributed by atoms with E-state index in [9.17, 15) is 9.18 Å². The zero-order chi connectivity index (χ0) is 12.0. The Labute approximate surface area is 93.3 Å². The van der Waals surface area contributed by atoms with Crippen molar-refractivity contribution in [2.24, 2.45) is 5.73 Å². The van der Waals surface area contributed by atoms with Crippen LogP contribution in [0.15, 0.2) is 18.2 Å². The quantitative estimate of drug-likeness (QED) is 0.675. The van der Waals surface area contributed by atoms with E-state index in [0.29, 0.717) is 12.1 Å². The summed E-state index contributed by atoms with van der Waals surface area (Å²) in [6, 6.07) is 4.46. The Hall–Kier alpha value is -1.46. The van der Waals surface area contributed by atoms with Crippen molar-refractivity contribution < 1.29 is 14.3 Å². The summed E-state index contributed by atoms with van der Waals surface area (Å²) in [4.78, 5) is 11.1. The third-order valence-corrected chi connectivity index (χ3v) is 2.15. The van der Waals surface area contributed by atoms with Crippen molar-refractivity contribution in [3.8, 4) is 0 Å². The van der Waals surface area contributed by atoms with Crippen LogP contribution < -0.4 is 11.1 Å². The van der Waals surface area contributed by atoms with Gasteiger partial charge in [0.05, 0.1) is 6.61 Å². The second-order valence-corrected chi connectivity index (χ2v) is 3.40. The van der Waals surface area contributed by atoms with E-state index in [0.717, 1.165) is 0 Å². The number of aliphatic hydroxyl groups is 1. The minimum absolute atomic E-state index is 0.158. The summed E-state index contributed by atoms with van der Waals surface area (Å²) in [5, 5.41) is 11.4. The number of aliphatic hydroxyl groups excluding tert-OH is 1. The van der Waals surface area contributed by atoms with Gasteiger partial charge in [0.25, 0.3) is 0 Å². The molecule has 0 aliphatic heterocycles. The number of nitrogens with two attached hydrogens (primary N) is 1. The Morgan fingerprint density at radius 2 is 2.25 bits per heavy atom. The fourth-order valence-electron chi connectivity index (χ4n) is 1.25. The number of halogens is 1.